The molecule has 34 heavy (non-hydrogen) atoms. The van der Waals surface area contributed by atoms with E-state index in [4.69, 9.17) is 4.74 Å². The Bertz CT molecular complexity index is 1290. The maximum Gasteiger partial charge on any atom is 0.105 e. The third kappa shape index (κ3) is 2.47. The quantitative estimate of drug-likeness (QED) is 0.640. The van der Waals surface area contributed by atoms with E-state index in [9.17, 15) is 10.2 Å². The average Bonchev–Trinajstić information content (AvgIpc) is 3.50. The molecule has 3 heterocycles. The Hall–Kier alpha value is -2.25. The van der Waals surface area contributed by atoms with Crippen LogP contribution in [0.4, 0.5) is 0 Å². The molecule has 0 amide bonds. The van der Waals surface area contributed by atoms with Crippen molar-refractivity contribution in [2.45, 2.75) is 68.5 Å². The van der Waals surface area contributed by atoms with E-state index in [-0.39, 0.29) is 17.1 Å². The lowest BCUT2D eigenvalue weighted by atomic mass is 9.58. The third-order valence-corrected chi connectivity index (χ3v) is 9.84. The molecule has 1 saturated carbocycles. The predicted molar refractivity (Wildman–Crippen MR) is 131 cm³/mol. The van der Waals surface area contributed by atoms with E-state index in [0.717, 1.165) is 48.6 Å². The number of aliphatic hydroxyl groups excluding tert-OH is 2. The SMILES string of the molecule is CN(C)C1CC23CCC4(O2)C(=CCC2(C)C(c5ccc6[nH]ncc6c5)=CCC24)C=C3C(O)C1O. The van der Waals surface area contributed by atoms with Crippen LogP contribution in [0.3, 0.4) is 0 Å². The van der Waals surface area contributed by atoms with Gasteiger partial charge in [-0.1, -0.05) is 31.2 Å². The van der Waals surface area contributed by atoms with E-state index in [1.54, 1.807) is 0 Å². The molecule has 6 heteroatoms. The fourth-order valence-corrected chi connectivity index (χ4v) is 8.06. The number of allylic oxidation sites excluding steroid dienone is 3. The molecule has 2 spiro atoms. The van der Waals surface area contributed by atoms with Crippen molar-refractivity contribution in [1.29, 1.82) is 0 Å². The summed E-state index contributed by atoms with van der Waals surface area (Å²) in [5.74, 6) is 0.356. The molecule has 1 aromatic carbocycles. The van der Waals surface area contributed by atoms with Crippen LogP contribution in [0.1, 0.15) is 44.6 Å². The molecule has 3 aliphatic carbocycles. The van der Waals surface area contributed by atoms with Gasteiger partial charge in [-0.2, -0.15) is 5.10 Å². The van der Waals surface area contributed by atoms with Crippen molar-refractivity contribution in [2.24, 2.45) is 11.3 Å². The standard InChI is InChI=1S/C28H33N3O3/c1-26-9-8-18-13-20-24(32)25(33)22(31(2)3)14-27(20)10-11-28(18,34-27)23(26)7-5-19(26)16-4-6-21-17(12-16)15-29-30-21/h4-6,8,12-13,15,22-25,32-33H,7,9-11,14H2,1-3H3,(H,29,30). The molecule has 2 aromatic rings. The first kappa shape index (κ1) is 21.1. The van der Waals surface area contributed by atoms with Gasteiger partial charge in [-0.15, -0.1) is 0 Å². The molecule has 0 radical (unpaired) electrons. The number of nitrogens with zero attached hydrogens (tertiary/aromatic N) is 2. The summed E-state index contributed by atoms with van der Waals surface area (Å²) in [6.45, 7) is 2.41. The summed E-state index contributed by atoms with van der Waals surface area (Å²) in [5, 5.41) is 30.4. The molecular formula is C28H33N3O3. The van der Waals surface area contributed by atoms with Crippen LogP contribution >= 0.6 is 0 Å². The van der Waals surface area contributed by atoms with Crippen LogP contribution in [0.2, 0.25) is 0 Å². The number of fused-ring (bicyclic) bond motifs is 2. The van der Waals surface area contributed by atoms with Gasteiger partial charge in [0.15, 0.2) is 0 Å². The summed E-state index contributed by atoms with van der Waals surface area (Å²) in [4.78, 5) is 2.03. The summed E-state index contributed by atoms with van der Waals surface area (Å²) >= 11 is 0. The van der Waals surface area contributed by atoms with Crippen molar-refractivity contribution in [3.8, 4) is 0 Å². The second-order valence-corrected chi connectivity index (χ2v) is 11.6. The number of aromatic nitrogens is 2. The number of hydrogen-bond donors (Lipinski definition) is 3. The number of aliphatic hydroxyl groups is 2. The largest absolute Gasteiger partial charge is 0.388 e. The first-order valence-electron chi connectivity index (χ1n) is 12.6. The molecule has 6 nitrogen and oxygen atoms in total. The predicted octanol–water partition coefficient (Wildman–Crippen LogP) is 3.59. The summed E-state index contributed by atoms with van der Waals surface area (Å²) in [7, 11) is 3.96. The second-order valence-electron chi connectivity index (χ2n) is 11.6. The van der Waals surface area contributed by atoms with E-state index in [0.29, 0.717) is 5.92 Å². The zero-order chi connectivity index (χ0) is 23.5. The van der Waals surface area contributed by atoms with Crippen LogP contribution in [0.15, 0.2) is 53.8 Å². The number of likely N-dealkylation sites (N-methyl/N-ethyl adjacent to an activating group) is 1. The van der Waals surface area contributed by atoms with E-state index in [2.05, 4.69) is 53.5 Å². The Morgan fingerprint density at radius 1 is 1.18 bits per heavy atom. The fourth-order valence-electron chi connectivity index (χ4n) is 8.06. The molecule has 2 aliphatic heterocycles. The minimum atomic E-state index is -0.884. The zero-order valence-electron chi connectivity index (χ0n) is 20.1. The van der Waals surface area contributed by atoms with Gasteiger partial charge in [0.1, 0.15) is 6.10 Å². The number of benzene rings is 1. The lowest BCUT2D eigenvalue weighted by Gasteiger charge is -2.55. The number of aromatic amines is 1. The molecule has 7 rings (SSSR count). The lowest BCUT2D eigenvalue weighted by Crippen LogP contribution is -2.61. The second kappa shape index (κ2) is 6.70. The summed E-state index contributed by atoms with van der Waals surface area (Å²) in [5.41, 5.74) is 5.03. The first-order chi connectivity index (χ1) is 16.3. The first-order valence-corrected chi connectivity index (χ1v) is 12.6. The van der Waals surface area contributed by atoms with E-state index >= 15 is 0 Å². The topological polar surface area (TPSA) is 81.6 Å². The molecule has 1 saturated heterocycles. The summed E-state index contributed by atoms with van der Waals surface area (Å²) < 4.78 is 7.22. The molecule has 3 N–H and O–H groups in total. The molecule has 7 unspecified atom stereocenters. The highest BCUT2D eigenvalue weighted by Crippen LogP contribution is 2.67. The monoisotopic (exact) mass is 459 g/mol. The molecule has 178 valence electrons. The zero-order valence-corrected chi connectivity index (χ0v) is 20.1. The molecule has 5 aliphatic rings. The van der Waals surface area contributed by atoms with Gasteiger partial charge in [-0.05, 0) is 80.6 Å². The summed E-state index contributed by atoms with van der Waals surface area (Å²) in [6.07, 6.45) is 11.7. The Balaban J connectivity index is 1.30. The van der Waals surface area contributed by atoms with Gasteiger partial charge >= 0.3 is 0 Å². The fraction of sp³-hybridized carbons (Fsp3) is 0.536. The van der Waals surface area contributed by atoms with Crippen molar-refractivity contribution in [3.05, 3.63) is 59.3 Å². The maximum absolute atomic E-state index is 11.1. The van der Waals surface area contributed by atoms with E-state index < -0.39 is 17.8 Å². The molecule has 1 aromatic heterocycles. The van der Waals surface area contributed by atoms with Crippen molar-refractivity contribution < 1.29 is 14.9 Å². The number of H-pyrrole nitrogens is 1. The van der Waals surface area contributed by atoms with Crippen molar-refractivity contribution in [2.75, 3.05) is 14.1 Å². The van der Waals surface area contributed by atoms with E-state index in [1.807, 2.05) is 25.2 Å². The molecule has 7 atom stereocenters. The number of hydrogen-bond acceptors (Lipinski definition) is 5. The van der Waals surface area contributed by atoms with Gasteiger partial charge in [0.05, 0.1) is 29.0 Å². The van der Waals surface area contributed by atoms with Crippen LogP contribution in [-0.2, 0) is 4.74 Å². The highest BCUT2D eigenvalue weighted by Gasteiger charge is 2.67. The minimum Gasteiger partial charge on any atom is -0.388 e. The Morgan fingerprint density at radius 3 is 2.85 bits per heavy atom. The van der Waals surface area contributed by atoms with Gasteiger partial charge < -0.3 is 19.8 Å². The number of ether oxygens (including phenoxy) is 1. The van der Waals surface area contributed by atoms with Gasteiger partial charge in [-0.3, -0.25) is 5.10 Å². The van der Waals surface area contributed by atoms with Crippen LogP contribution in [0, 0.1) is 11.3 Å². The maximum atomic E-state index is 11.1. The number of rotatable bonds is 2. The molecule has 2 bridgehead atoms. The van der Waals surface area contributed by atoms with Crippen molar-refractivity contribution in [3.63, 3.8) is 0 Å². The van der Waals surface area contributed by atoms with Crippen molar-refractivity contribution in [1.82, 2.24) is 15.1 Å². The van der Waals surface area contributed by atoms with Crippen LogP contribution < -0.4 is 0 Å². The van der Waals surface area contributed by atoms with Gasteiger partial charge in [0.25, 0.3) is 0 Å². The Kier molecular flexibility index (Phi) is 4.15. The van der Waals surface area contributed by atoms with Crippen LogP contribution in [0.5, 0.6) is 0 Å². The normalized spacial score (nSPS) is 42.7. The van der Waals surface area contributed by atoms with Gasteiger partial charge in [-0.25, -0.2) is 0 Å². The Morgan fingerprint density at radius 2 is 2.03 bits per heavy atom. The molecular weight excluding hydrogens is 426 g/mol. The lowest BCUT2D eigenvalue weighted by molar-refractivity contribution is -0.161. The van der Waals surface area contributed by atoms with Crippen LogP contribution in [0.25, 0.3) is 16.5 Å². The minimum absolute atomic E-state index is 0.00840. The van der Waals surface area contributed by atoms with Gasteiger partial charge in [0.2, 0.25) is 0 Å². The number of nitrogens with one attached hydrogen (secondary N) is 1. The van der Waals surface area contributed by atoms with Crippen LogP contribution in [-0.4, -0.2) is 68.9 Å². The van der Waals surface area contributed by atoms with E-state index in [1.165, 1.54) is 16.7 Å². The third-order valence-electron chi connectivity index (χ3n) is 9.84. The smallest absolute Gasteiger partial charge is 0.105 e. The highest BCUT2D eigenvalue weighted by atomic mass is 16.5. The van der Waals surface area contributed by atoms with Crippen molar-refractivity contribution >= 4 is 16.5 Å². The Labute approximate surface area is 200 Å². The molecule has 2 fully saturated rings. The highest BCUT2D eigenvalue weighted by molar-refractivity contribution is 5.85. The summed E-state index contributed by atoms with van der Waals surface area (Å²) in [6, 6.07) is 6.48. The van der Waals surface area contributed by atoms with Gasteiger partial charge in [0, 0.05) is 22.8 Å². The average molecular weight is 460 g/mol.